The minimum absolute atomic E-state index is 0.157. The second-order valence-electron chi connectivity index (χ2n) is 5.98. The van der Waals surface area contributed by atoms with Crippen LogP contribution >= 0.6 is 0 Å². The molecule has 1 aromatic carbocycles. The van der Waals surface area contributed by atoms with Crippen LogP contribution in [-0.2, 0) is 11.0 Å². The van der Waals surface area contributed by atoms with Crippen LogP contribution < -0.4 is 9.64 Å². The number of piperazine rings is 1. The SMILES string of the molecule is Cc1cc(OCC(=O)N2CCN(c3cccc(C(F)(F)F)c3)CC2)no1. The summed E-state index contributed by atoms with van der Waals surface area (Å²) < 4.78 is 48.6. The van der Waals surface area contributed by atoms with Crippen LogP contribution in [0.4, 0.5) is 18.9 Å². The van der Waals surface area contributed by atoms with Crippen molar-refractivity contribution in [2.45, 2.75) is 13.1 Å². The maximum absolute atomic E-state index is 12.8. The Balaban J connectivity index is 1.53. The van der Waals surface area contributed by atoms with Crippen LogP contribution in [0.3, 0.4) is 0 Å². The average molecular weight is 369 g/mol. The lowest BCUT2D eigenvalue weighted by Gasteiger charge is -2.36. The van der Waals surface area contributed by atoms with Crippen molar-refractivity contribution < 1.29 is 27.2 Å². The van der Waals surface area contributed by atoms with Gasteiger partial charge in [0.1, 0.15) is 5.76 Å². The number of aryl methyl sites for hydroxylation is 1. The summed E-state index contributed by atoms with van der Waals surface area (Å²) in [7, 11) is 0. The maximum Gasteiger partial charge on any atom is 0.416 e. The summed E-state index contributed by atoms with van der Waals surface area (Å²) in [6.45, 7) is 3.29. The highest BCUT2D eigenvalue weighted by molar-refractivity contribution is 5.78. The minimum atomic E-state index is -4.37. The number of alkyl halides is 3. The molecular weight excluding hydrogens is 351 g/mol. The number of hydrogen-bond donors (Lipinski definition) is 0. The molecule has 1 saturated heterocycles. The second-order valence-corrected chi connectivity index (χ2v) is 5.98. The number of nitrogens with zero attached hydrogens (tertiary/aromatic N) is 3. The van der Waals surface area contributed by atoms with E-state index in [2.05, 4.69) is 5.16 Å². The van der Waals surface area contributed by atoms with Gasteiger partial charge in [0.25, 0.3) is 11.8 Å². The molecule has 1 aliphatic rings. The molecular formula is C17H18F3N3O3. The molecule has 1 amide bonds. The fourth-order valence-electron chi connectivity index (χ4n) is 2.73. The van der Waals surface area contributed by atoms with Crippen molar-refractivity contribution in [2.24, 2.45) is 0 Å². The molecule has 2 aromatic rings. The third kappa shape index (κ3) is 4.27. The predicted molar refractivity (Wildman–Crippen MR) is 87.0 cm³/mol. The van der Waals surface area contributed by atoms with E-state index in [-0.39, 0.29) is 18.4 Å². The first-order valence-corrected chi connectivity index (χ1v) is 8.09. The number of rotatable bonds is 4. The fourth-order valence-corrected chi connectivity index (χ4v) is 2.73. The van der Waals surface area contributed by atoms with Crippen molar-refractivity contribution in [2.75, 3.05) is 37.7 Å². The zero-order chi connectivity index (χ0) is 18.7. The van der Waals surface area contributed by atoms with E-state index < -0.39 is 11.7 Å². The molecule has 9 heteroatoms. The number of hydrogen-bond acceptors (Lipinski definition) is 5. The summed E-state index contributed by atoms with van der Waals surface area (Å²) in [6.07, 6.45) is -4.37. The third-order valence-corrected chi connectivity index (χ3v) is 4.12. The molecule has 0 bridgehead atoms. The minimum Gasteiger partial charge on any atom is -0.465 e. The predicted octanol–water partition coefficient (Wildman–Crippen LogP) is 2.73. The molecule has 3 rings (SSSR count). The summed E-state index contributed by atoms with van der Waals surface area (Å²) in [6, 6.07) is 6.80. The van der Waals surface area contributed by atoms with Gasteiger partial charge in [-0.05, 0) is 30.3 Å². The van der Waals surface area contributed by atoms with Crippen molar-refractivity contribution in [1.82, 2.24) is 10.1 Å². The first-order chi connectivity index (χ1) is 12.3. The summed E-state index contributed by atoms with van der Waals surface area (Å²) in [5, 5.41) is 3.64. The van der Waals surface area contributed by atoms with Crippen LogP contribution in [0.15, 0.2) is 34.9 Å². The van der Waals surface area contributed by atoms with Gasteiger partial charge in [-0.1, -0.05) is 6.07 Å². The van der Waals surface area contributed by atoms with Gasteiger partial charge in [0.05, 0.1) is 5.56 Å². The molecule has 1 fully saturated rings. The van der Waals surface area contributed by atoms with E-state index in [1.54, 1.807) is 24.0 Å². The van der Waals surface area contributed by atoms with Crippen LogP contribution in [0.5, 0.6) is 5.88 Å². The van der Waals surface area contributed by atoms with Gasteiger partial charge < -0.3 is 19.1 Å². The zero-order valence-corrected chi connectivity index (χ0v) is 14.1. The number of carbonyl (C=O) groups excluding carboxylic acids is 1. The van der Waals surface area contributed by atoms with Gasteiger partial charge in [0.15, 0.2) is 6.61 Å². The Bertz CT molecular complexity index is 768. The lowest BCUT2D eigenvalue weighted by atomic mass is 10.1. The molecule has 140 valence electrons. The number of anilines is 1. The molecule has 0 radical (unpaired) electrons. The average Bonchev–Trinajstić information content (AvgIpc) is 3.04. The van der Waals surface area contributed by atoms with E-state index >= 15 is 0 Å². The van der Waals surface area contributed by atoms with Crippen molar-refractivity contribution in [3.8, 4) is 5.88 Å². The smallest absolute Gasteiger partial charge is 0.416 e. The number of aromatic nitrogens is 1. The van der Waals surface area contributed by atoms with E-state index in [1.807, 2.05) is 4.90 Å². The van der Waals surface area contributed by atoms with Gasteiger partial charge in [0, 0.05) is 37.9 Å². The highest BCUT2D eigenvalue weighted by atomic mass is 19.4. The van der Waals surface area contributed by atoms with Gasteiger partial charge in [0.2, 0.25) is 0 Å². The summed E-state index contributed by atoms with van der Waals surface area (Å²) in [4.78, 5) is 15.6. The molecule has 0 spiro atoms. The van der Waals surface area contributed by atoms with Gasteiger partial charge in [-0.15, -0.1) is 0 Å². The normalized spacial score (nSPS) is 15.2. The highest BCUT2D eigenvalue weighted by Crippen LogP contribution is 2.31. The maximum atomic E-state index is 12.8. The van der Waals surface area contributed by atoms with Crippen molar-refractivity contribution in [3.63, 3.8) is 0 Å². The van der Waals surface area contributed by atoms with Crippen LogP contribution in [0.1, 0.15) is 11.3 Å². The molecule has 0 unspecified atom stereocenters. The molecule has 1 aromatic heterocycles. The van der Waals surface area contributed by atoms with Gasteiger partial charge in [-0.2, -0.15) is 13.2 Å². The monoisotopic (exact) mass is 369 g/mol. The Labute approximate surface area is 148 Å². The lowest BCUT2D eigenvalue weighted by molar-refractivity contribution is -0.137. The lowest BCUT2D eigenvalue weighted by Crippen LogP contribution is -2.50. The Morgan fingerprint density at radius 3 is 2.58 bits per heavy atom. The van der Waals surface area contributed by atoms with Crippen molar-refractivity contribution >= 4 is 11.6 Å². The van der Waals surface area contributed by atoms with E-state index in [4.69, 9.17) is 9.26 Å². The van der Waals surface area contributed by atoms with Crippen LogP contribution in [0.2, 0.25) is 0 Å². The fraction of sp³-hybridized carbons (Fsp3) is 0.412. The number of halogens is 3. The zero-order valence-electron chi connectivity index (χ0n) is 14.1. The van der Waals surface area contributed by atoms with E-state index in [0.29, 0.717) is 37.6 Å². The molecule has 0 N–H and O–H groups in total. The summed E-state index contributed by atoms with van der Waals surface area (Å²) >= 11 is 0. The second kappa shape index (κ2) is 7.27. The Kier molecular flexibility index (Phi) is 5.06. The van der Waals surface area contributed by atoms with Gasteiger partial charge in [-0.3, -0.25) is 4.79 Å². The summed E-state index contributed by atoms with van der Waals surface area (Å²) in [5.74, 6) is 0.634. The highest BCUT2D eigenvalue weighted by Gasteiger charge is 2.31. The van der Waals surface area contributed by atoms with Gasteiger partial charge >= 0.3 is 6.18 Å². The Morgan fingerprint density at radius 2 is 1.96 bits per heavy atom. The largest absolute Gasteiger partial charge is 0.465 e. The molecule has 0 aliphatic carbocycles. The first kappa shape index (κ1) is 18.1. The summed E-state index contributed by atoms with van der Waals surface area (Å²) in [5.41, 5.74) is -0.175. The van der Waals surface area contributed by atoms with Gasteiger partial charge in [-0.25, -0.2) is 0 Å². The Morgan fingerprint density at radius 1 is 1.23 bits per heavy atom. The molecule has 0 saturated carbocycles. The number of carbonyl (C=O) groups is 1. The molecule has 6 nitrogen and oxygen atoms in total. The number of benzene rings is 1. The van der Waals surface area contributed by atoms with Crippen LogP contribution in [-0.4, -0.2) is 48.7 Å². The molecule has 1 aliphatic heterocycles. The first-order valence-electron chi connectivity index (χ1n) is 8.09. The van der Waals surface area contributed by atoms with Crippen molar-refractivity contribution in [3.05, 3.63) is 41.7 Å². The quantitative estimate of drug-likeness (QED) is 0.830. The number of amides is 1. The molecule has 0 atom stereocenters. The topological polar surface area (TPSA) is 58.8 Å². The number of ether oxygens (including phenoxy) is 1. The third-order valence-electron chi connectivity index (χ3n) is 4.12. The van der Waals surface area contributed by atoms with Crippen LogP contribution in [0.25, 0.3) is 0 Å². The van der Waals surface area contributed by atoms with E-state index in [1.165, 1.54) is 6.07 Å². The van der Waals surface area contributed by atoms with E-state index in [9.17, 15) is 18.0 Å². The Hall–Kier alpha value is -2.71. The van der Waals surface area contributed by atoms with Crippen molar-refractivity contribution in [1.29, 1.82) is 0 Å². The molecule has 2 heterocycles. The molecule has 26 heavy (non-hydrogen) atoms. The van der Waals surface area contributed by atoms with Crippen LogP contribution in [0, 0.1) is 6.92 Å². The van der Waals surface area contributed by atoms with E-state index in [0.717, 1.165) is 12.1 Å². The standard InChI is InChI=1S/C17H18F3N3O3/c1-12-9-15(21-26-12)25-11-16(24)23-7-5-22(6-8-23)14-4-2-3-13(10-14)17(18,19)20/h2-4,9-10H,5-8,11H2,1H3.